The Balaban J connectivity index is 1.99. The zero-order chi connectivity index (χ0) is 21.6. The highest BCUT2D eigenvalue weighted by atomic mass is 16.1. The number of ketones is 2. The maximum absolute atomic E-state index is 13.3. The van der Waals surface area contributed by atoms with Gasteiger partial charge in [0.05, 0.1) is 17.6 Å². The Bertz CT molecular complexity index is 1190. The Hall–Kier alpha value is -3.45. The molecule has 1 unspecified atom stereocenters. The predicted octanol–water partition coefficient (Wildman–Crippen LogP) is 5.27. The number of rotatable bonds is 4. The quantitative estimate of drug-likeness (QED) is 0.652. The van der Waals surface area contributed by atoms with Gasteiger partial charge in [0, 0.05) is 34.5 Å². The van der Waals surface area contributed by atoms with Crippen molar-refractivity contribution in [3.05, 3.63) is 81.7 Å². The van der Waals surface area contributed by atoms with E-state index in [0.29, 0.717) is 28.7 Å². The lowest BCUT2D eigenvalue weighted by molar-refractivity contribution is -0.116. The molecule has 1 atom stereocenters. The van der Waals surface area contributed by atoms with E-state index in [1.807, 2.05) is 70.2 Å². The third kappa shape index (κ3) is 2.98. The fourth-order valence-corrected chi connectivity index (χ4v) is 4.65. The van der Waals surface area contributed by atoms with E-state index in [0.717, 1.165) is 28.1 Å². The molecule has 0 bridgehead atoms. The largest absolute Gasteiger partial charge is 0.362 e. The Labute approximate surface area is 176 Å². The Morgan fingerprint density at radius 2 is 1.70 bits per heavy atom. The van der Waals surface area contributed by atoms with E-state index in [4.69, 9.17) is 0 Å². The van der Waals surface area contributed by atoms with Crippen LogP contribution >= 0.6 is 0 Å². The molecule has 4 rings (SSSR count). The zero-order valence-corrected chi connectivity index (χ0v) is 17.7. The molecule has 0 saturated carbocycles. The molecular formula is C26H24N2O2. The van der Waals surface area contributed by atoms with Gasteiger partial charge in [-0.3, -0.25) is 9.59 Å². The molecule has 150 valence electrons. The molecule has 4 heteroatoms. The Morgan fingerprint density at radius 1 is 1.03 bits per heavy atom. The summed E-state index contributed by atoms with van der Waals surface area (Å²) in [4.78, 5) is 26.3. The number of Topliss-reactive ketones (excluding diaryl/α,β-unsaturated/α-hetero) is 1. The van der Waals surface area contributed by atoms with Gasteiger partial charge in [-0.2, -0.15) is 5.26 Å². The highest BCUT2D eigenvalue weighted by Crippen LogP contribution is 2.47. The maximum atomic E-state index is 13.3. The summed E-state index contributed by atoms with van der Waals surface area (Å²) in [5.74, 6) is -0.252. The molecule has 1 aliphatic heterocycles. The minimum Gasteiger partial charge on any atom is -0.362 e. The van der Waals surface area contributed by atoms with E-state index in [1.165, 1.54) is 0 Å². The van der Waals surface area contributed by atoms with E-state index in [1.54, 1.807) is 0 Å². The van der Waals surface area contributed by atoms with Crippen LogP contribution in [-0.2, 0) is 4.79 Å². The summed E-state index contributed by atoms with van der Waals surface area (Å²) in [6.45, 7) is 7.78. The van der Waals surface area contributed by atoms with Crippen molar-refractivity contribution in [2.24, 2.45) is 5.92 Å². The lowest BCUT2D eigenvalue weighted by Gasteiger charge is -2.30. The predicted molar refractivity (Wildman–Crippen MR) is 117 cm³/mol. The van der Waals surface area contributed by atoms with Gasteiger partial charge in [0.2, 0.25) is 0 Å². The smallest absolute Gasteiger partial charge is 0.194 e. The molecule has 0 saturated heterocycles. The van der Waals surface area contributed by atoms with Gasteiger partial charge in [-0.05, 0) is 36.5 Å². The van der Waals surface area contributed by atoms with E-state index >= 15 is 0 Å². The van der Waals surface area contributed by atoms with Gasteiger partial charge in [-0.1, -0.05) is 56.3 Å². The number of benzene rings is 2. The number of nitriles is 1. The summed E-state index contributed by atoms with van der Waals surface area (Å²) in [5.41, 5.74) is 6.53. The van der Waals surface area contributed by atoms with Gasteiger partial charge in [0.1, 0.15) is 0 Å². The van der Waals surface area contributed by atoms with Crippen LogP contribution in [0.1, 0.15) is 61.5 Å². The van der Waals surface area contributed by atoms with Gasteiger partial charge in [0.25, 0.3) is 0 Å². The molecule has 30 heavy (non-hydrogen) atoms. The molecular weight excluding hydrogens is 372 g/mol. The van der Waals surface area contributed by atoms with Gasteiger partial charge in [-0.15, -0.1) is 0 Å². The second-order valence-electron chi connectivity index (χ2n) is 8.41. The minimum absolute atomic E-state index is 0.00801. The van der Waals surface area contributed by atoms with Gasteiger partial charge >= 0.3 is 0 Å². The van der Waals surface area contributed by atoms with Crippen LogP contribution in [0.3, 0.4) is 0 Å². The summed E-state index contributed by atoms with van der Waals surface area (Å²) in [6, 6.07) is 15.5. The van der Waals surface area contributed by atoms with Crippen molar-refractivity contribution in [3.8, 4) is 17.2 Å². The summed E-state index contributed by atoms with van der Waals surface area (Å²) >= 11 is 0. The standard InChI is InChI=1S/C26H24N2O2/c1-14(2)12-22(29)23-16(4)28-15(3)21(13-27)25(23)19-10-7-11-20-24(19)17-8-5-6-9-18(17)26(20)30/h5-11,14,25,28H,12H2,1-4H3. The summed E-state index contributed by atoms with van der Waals surface area (Å²) in [6.07, 6.45) is 0.410. The summed E-state index contributed by atoms with van der Waals surface area (Å²) in [7, 11) is 0. The molecule has 1 N–H and O–H groups in total. The van der Waals surface area contributed by atoms with Gasteiger partial charge in [-0.25, -0.2) is 0 Å². The minimum atomic E-state index is -0.489. The third-order valence-electron chi connectivity index (χ3n) is 5.87. The van der Waals surface area contributed by atoms with Crippen molar-refractivity contribution in [3.63, 3.8) is 0 Å². The Morgan fingerprint density at radius 3 is 2.37 bits per heavy atom. The molecule has 0 amide bonds. The normalized spacial score (nSPS) is 17.6. The molecule has 4 nitrogen and oxygen atoms in total. The van der Waals surface area contributed by atoms with Crippen molar-refractivity contribution in [2.45, 2.75) is 40.0 Å². The summed E-state index contributed by atoms with van der Waals surface area (Å²) in [5, 5.41) is 13.2. The van der Waals surface area contributed by atoms with Gasteiger partial charge < -0.3 is 5.32 Å². The first-order valence-electron chi connectivity index (χ1n) is 10.2. The number of carbonyl (C=O) groups excluding carboxylic acids is 2. The molecule has 2 aromatic rings. The molecule has 0 spiro atoms. The first-order chi connectivity index (χ1) is 14.3. The number of nitrogens with one attached hydrogen (secondary N) is 1. The van der Waals surface area contributed by atoms with E-state index in [2.05, 4.69) is 11.4 Å². The number of hydrogen-bond acceptors (Lipinski definition) is 4. The third-order valence-corrected chi connectivity index (χ3v) is 5.87. The van der Waals surface area contributed by atoms with Gasteiger partial charge in [0.15, 0.2) is 11.6 Å². The monoisotopic (exact) mass is 396 g/mol. The number of carbonyl (C=O) groups is 2. The number of fused-ring (bicyclic) bond motifs is 3. The fraction of sp³-hybridized carbons (Fsp3) is 0.269. The van der Waals surface area contributed by atoms with Crippen LogP contribution < -0.4 is 5.32 Å². The van der Waals surface area contributed by atoms with Crippen LogP contribution in [0, 0.1) is 17.2 Å². The van der Waals surface area contributed by atoms with Crippen LogP contribution in [0.15, 0.2) is 65.0 Å². The average molecular weight is 396 g/mol. The summed E-state index contributed by atoms with van der Waals surface area (Å²) < 4.78 is 0. The molecule has 2 aliphatic rings. The maximum Gasteiger partial charge on any atom is 0.194 e. The number of hydrogen-bond donors (Lipinski definition) is 1. The van der Waals surface area contributed by atoms with E-state index < -0.39 is 5.92 Å². The molecule has 0 aromatic heterocycles. The van der Waals surface area contributed by atoms with Crippen molar-refractivity contribution in [1.29, 1.82) is 5.26 Å². The van der Waals surface area contributed by atoms with Crippen LogP contribution in [0.2, 0.25) is 0 Å². The van der Waals surface area contributed by atoms with Crippen LogP contribution in [-0.4, -0.2) is 11.6 Å². The highest BCUT2D eigenvalue weighted by Gasteiger charge is 2.37. The van der Waals surface area contributed by atoms with Crippen LogP contribution in [0.5, 0.6) is 0 Å². The van der Waals surface area contributed by atoms with Crippen molar-refractivity contribution < 1.29 is 9.59 Å². The zero-order valence-electron chi connectivity index (χ0n) is 17.7. The second-order valence-corrected chi connectivity index (χ2v) is 8.41. The molecule has 0 fully saturated rings. The fourth-order valence-electron chi connectivity index (χ4n) is 4.65. The second kappa shape index (κ2) is 7.42. The number of allylic oxidation sites excluding steroid dienone is 4. The first-order valence-corrected chi connectivity index (χ1v) is 10.2. The Kier molecular flexibility index (Phi) is 4.91. The molecule has 1 aliphatic carbocycles. The lowest BCUT2D eigenvalue weighted by Crippen LogP contribution is -2.28. The average Bonchev–Trinajstić information content (AvgIpc) is 3.00. The van der Waals surface area contributed by atoms with E-state index in [-0.39, 0.29) is 17.5 Å². The van der Waals surface area contributed by atoms with Crippen LogP contribution in [0.4, 0.5) is 0 Å². The first kappa shape index (κ1) is 19.8. The van der Waals surface area contributed by atoms with Crippen LogP contribution in [0.25, 0.3) is 11.1 Å². The molecule has 2 aromatic carbocycles. The SMILES string of the molecule is CC1=C(C#N)C(c2cccc3c2-c2ccccc2C3=O)C(C(=O)CC(C)C)=C(C)N1. The van der Waals surface area contributed by atoms with Crippen molar-refractivity contribution in [2.75, 3.05) is 0 Å². The topological polar surface area (TPSA) is 70.0 Å². The lowest BCUT2D eigenvalue weighted by atomic mass is 9.75. The van der Waals surface area contributed by atoms with E-state index in [9.17, 15) is 14.9 Å². The number of dihydropyridines is 1. The van der Waals surface area contributed by atoms with Crippen molar-refractivity contribution >= 4 is 11.6 Å². The van der Waals surface area contributed by atoms with Crippen molar-refractivity contribution in [1.82, 2.24) is 5.32 Å². The highest BCUT2D eigenvalue weighted by molar-refractivity contribution is 6.22. The molecule has 1 heterocycles. The number of nitrogens with zero attached hydrogens (tertiary/aromatic N) is 1. The molecule has 0 radical (unpaired) electrons.